The number of benzene rings is 1. The van der Waals surface area contributed by atoms with E-state index in [4.69, 9.17) is 11.6 Å². The van der Waals surface area contributed by atoms with Gasteiger partial charge in [0.25, 0.3) is 5.91 Å². The zero-order valence-corrected chi connectivity index (χ0v) is 11.6. The van der Waals surface area contributed by atoms with E-state index in [0.717, 1.165) is 3.57 Å². The second-order valence-corrected chi connectivity index (χ2v) is 4.89. The van der Waals surface area contributed by atoms with Gasteiger partial charge >= 0.3 is 0 Å². The number of rotatable bonds is 2. The van der Waals surface area contributed by atoms with E-state index < -0.39 is 0 Å². The van der Waals surface area contributed by atoms with Crippen molar-refractivity contribution in [2.24, 2.45) is 0 Å². The first-order valence-electron chi connectivity index (χ1n) is 4.83. The number of pyridine rings is 1. The molecule has 17 heavy (non-hydrogen) atoms. The Labute approximate surface area is 117 Å². The van der Waals surface area contributed by atoms with E-state index in [1.165, 1.54) is 0 Å². The van der Waals surface area contributed by atoms with Gasteiger partial charge in [0.2, 0.25) is 0 Å². The molecule has 1 amide bonds. The minimum atomic E-state index is -0.186. The molecule has 3 nitrogen and oxygen atoms in total. The van der Waals surface area contributed by atoms with E-state index in [1.807, 2.05) is 6.07 Å². The average Bonchev–Trinajstić information content (AvgIpc) is 2.34. The zero-order valence-electron chi connectivity index (χ0n) is 8.65. The van der Waals surface area contributed by atoms with Gasteiger partial charge in [-0.15, -0.1) is 0 Å². The first-order valence-corrected chi connectivity index (χ1v) is 6.29. The highest BCUT2D eigenvalue weighted by atomic mass is 127. The number of aromatic nitrogens is 1. The average molecular weight is 359 g/mol. The van der Waals surface area contributed by atoms with Gasteiger partial charge in [-0.3, -0.25) is 9.78 Å². The molecule has 0 radical (unpaired) electrons. The van der Waals surface area contributed by atoms with Crippen molar-refractivity contribution in [3.05, 3.63) is 56.9 Å². The van der Waals surface area contributed by atoms with Crippen molar-refractivity contribution in [2.75, 3.05) is 5.32 Å². The highest BCUT2D eigenvalue weighted by Crippen LogP contribution is 2.20. The predicted molar refractivity (Wildman–Crippen MR) is 76.4 cm³/mol. The third-order valence-corrected chi connectivity index (χ3v) is 3.69. The lowest BCUT2D eigenvalue weighted by Gasteiger charge is -2.05. The number of nitrogens with one attached hydrogen (secondary N) is 1. The number of halogens is 2. The first kappa shape index (κ1) is 12.3. The molecule has 0 saturated heterocycles. The molecule has 0 aliphatic rings. The van der Waals surface area contributed by atoms with Crippen LogP contribution in [0, 0.1) is 3.57 Å². The Morgan fingerprint density at radius 2 is 1.94 bits per heavy atom. The molecule has 0 atom stereocenters. The van der Waals surface area contributed by atoms with Crippen molar-refractivity contribution < 1.29 is 4.79 Å². The molecule has 1 aromatic heterocycles. The van der Waals surface area contributed by atoms with Crippen LogP contribution in [0.3, 0.4) is 0 Å². The monoisotopic (exact) mass is 358 g/mol. The molecule has 0 aliphatic carbocycles. The largest absolute Gasteiger partial charge is 0.322 e. The quantitative estimate of drug-likeness (QED) is 0.834. The van der Waals surface area contributed by atoms with Gasteiger partial charge in [-0.2, -0.15) is 0 Å². The van der Waals surface area contributed by atoms with Crippen molar-refractivity contribution in [3.63, 3.8) is 0 Å². The molecule has 1 heterocycles. The third-order valence-electron chi connectivity index (χ3n) is 2.12. The van der Waals surface area contributed by atoms with Crippen LogP contribution in [0.5, 0.6) is 0 Å². The summed E-state index contributed by atoms with van der Waals surface area (Å²) in [6.45, 7) is 0. The molecule has 0 fully saturated rings. The number of carbonyl (C=O) groups excluding carboxylic acids is 1. The molecule has 1 aromatic carbocycles. The van der Waals surface area contributed by atoms with Gasteiger partial charge in [-0.05, 0) is 52.9 Å². The minimum Gasteiger partial charge on any atom is -0.322 e. The van der Waals surface area contributed by atoms with E-state index in [-0.39, 0.29) is 5.91 Å². The van der Waals surface area contributed by atoms with E-state index >= 15 is 0 Å². The second-order valence-electron chi connectivity index (χ2n) is 3.32. The van der Waals surface area contributed by atoms with Crippen molar-refractivity contribution in [1.82, 2.24) is 4.98 Å². The number of hydrogen-bond donors (Lipinski definition) is 1. The van der Waals surface area contributed by atoms with Crippen LogP contribution in [-0.4, -0.2) is 10.9 Å². The van der Waals surface area contributed by atoms with Crippen molar-refractivity contribution in [1.29, 1.82) is 0 Å². The Morgan fingerprint density at radius 1 is 1.24 bits per heavy atom. The maximum absolute atomic E-state index is 11.9. The molecular weight excluding hydrogens is 351 g/mol. The maximum Gasteiger partial charge on any atom is 0.255 e. The fourth-order valence-electron chi connectivity index (χ4n) is 1.28. The lowest BCUT2D eigenvalue weighted by atomic mass is 10.2. The number of anilines is 1. The molecule has 0 bridgehead atoms. The molecule has 0 aliphatic heterocycles. The smallest absolute Gasteiger partial charge is 0.255 e. The summed E-state index contributed by atoms with van der Waals surface area (Å²) < 4.78 is 0.921. The highest BCUT2D eigenvalue weighted by molar-refractivity contribution is 14.1. The summed E-state index contributed by atoms with van der Waals surface area (Å²) in [5.74, 6) is -0.186. The maximum atomic E-state index is 11.9. The summed E-state index contributed by atoms with van der Waals surface area (Å²) in [6.07, 6.45) is 3.24. The fourth-order valence-corrected chi connectivity index (χ4v) is 1.79. The van der Waals surface area contributed by atoms with Gasteiger partial charge in [0.05, 0.1) is 5.02 Å². The van der Waals surface area contributed by atoms with Crippen LogP contribution in [0.15, 0.2) is 42.7 Å². The number of nitrogens with zero attached hydrogens (tertiary/aromatic N) is 1. The van der Waals surface area contributed by atoms with E-state index in [9.17, 15) is 4.79 Å². The number of carbonyl (C=O) groups is 1. The van der Waals surface area contributed by atoms with Gasteiger partial charge in [0.1, 0.15) is 0 Å². The Morgan fingerprint density at radius 3 is 2.59 bits per heavy atom. The van der Waals surface area contributed by atoms with E-state index in [2.05, 4.69) is 32.9 Å². The lowest BCUT2D eigenvalue weighted by Crippen LogP contribution is -2.11. The van der Waals surface area contributed by atoms with Gasteiger partial charge < -0.3 is 5.32 Å². The minimum absolute atomic E-state index is 0.186. The van der Waals surface area contributed by atoms with E-state index in [0.29, 0.717) is 16.3 Å². The summed E-state index contributed by atoms with van der Waals surface area (Å²) in [5.41, 5.74) is 1.24. The summed E-state index contributed by atoms with van der Waals surface area (Å²) in [6, 6.07) is 8.66. The Bertz CT molecular complexity index is 545. The van der Waals surface area contributed by atoms with Gasteiger partial charge in [0, 0.05) is 27.2 Å². The fraction of sp³-hybridized carbons (Fsp3) is 0. The number of amides is 1. The van der Waals surface area contributed by atoms with Crippen LogP contribution in [0.25, 0.3) is 0 Å². The standard InChI is InChI=1S/C12H8ClIN2O/c13-10-7-8(1-2-11(10)14)12(17)16-9-3-5-15-6-4-9/h1-7H,(H,15,16,17). The van der Waals surface area contributed by atoms with Crippen molar-refractivity contribution >= 4 is 45.8 Å². The summed E-state index contributed by atoms with van der Waals surface area (Å²) in [7, 11) is 0. The SMILES string of the molecule is O=C(Nc1ccncc1)c1ccc(I)c(Cl)c1. The van der Waals surface area contributed by atoms with Crippen molar-refractivity contribution in [3.8, 4) is 0 Å². The van der Waals surface area contributed by atoms with Crippen LogP contribution in [0.2, 0.25) is 5.02 Å². The molecule has 0 spiro atoms. The first-order chi connectivity index (χ1) is 8.16. The van der Waals surface area contributed by atoms with Crippen LogP contribution < -0.4 is 5.32 Å². The van der Waals surface area contributed by atoms with Gasteiger partial charge in [-0.1, -0.05) is 11.6 Å². The Kier molecular flexibility index (Phi) is 3.96. The molecular formula is C12H8ClIN2O. The van der Waals surface area contributed by atoms with Crippen molar-refractivity contribution in [2.45, 2.75) is 0 Å². The zero-order chi connectivity index (χ0) is 12.3. The van der Waals surface area contributed by atoms with Crippen LogP contribution in [0.4, 0.5) is 5.69 Å². The molecule has 1 N–H and O–H groups in total. The second kappa shape index (κ2) is 5.46. The number of hydrogen-bond acceptors (Lipinski definition) is 2. The van der Waals surface area contributed by atoms with Gasteiger partial charge in [0.15, 0.2) is 0 Å². The molecule has 0 unspecified atom stereocenters. The Balaban J connectivity index is 2.18. The van der Waals surface area contributed by atoms with E-state index in [1.54, 1.807) is 36.7 Å². The predicted octanol–water partition coefficient (Wildman–Crippen LogP) is 3.59. The third kappa shape index (κ3) is 3.17. The molecule has 2 aromatic rings. The van der Waals surface area contributed by atoms with Gasteiger partial charge in [-0.25, -0.2) is 0 Å². The van der Waals surface area contributed by atoms with Crippen LogP contribution in [0.1, 0.15) is 10.4 Å². The van der Waals surface area contributed by atoms with Crippen LogP contribution >= 0.6 is 34.2 Å². The molecule has 5 heteroatoms. The summed E-state index contributed by atoms with van der Waals surface area (Å²) in [5, 5.41) is 3.34. The molecule has 2 rings (SSSR count). The lowest BCUT2D eigenvalue weighted by molar-refractivity contribution is 0.102. The summed E-state index contributed by atoms with van der Waals surface area (Å²) >= 11 is 8.08. The topological polar surface area (TPSA) is 42.0 Å². The Hall–Kier alpha value is -1.14. The summed E-state index contributed by atoms with van der Waals surface area (Å²) in [4.78, 5) is 15.8. The molecule has 0 saturated carbocycles. The van der Waals surface area contributed by atoms with Crippen LogP contribution in [-0.2, 0) is 0 Å². The molecule has 86 valence electrons. The highest BCUT2D eigenvalue weighted by Gasteiger charge is 2.07. The normalized spacial score (nSPS) is 10.0.